The van der Waals surface area contributed by atoms with Crippen LogP contribution in [0.2, 0.25) is 5.02 Å². The third kappa shape index (κ3) is 3.38. The number of aromatic nitrogens is 3. The van der Waals surface area contributed by atoms with E-state index in [1.165, 1.54) is 24.4 Å². The van der Waals surface area contributed by atoms with Crippen LogP contribution >= 0.6 is 11.6 Å². The van der Waals surface area contributed by atoms with E-state index in [0.717, 1.165) is 0 Å². The number of alkyl halides is 2. The molecule has 2 aromatic rings. The molecule has 0 aliphatic rings. The van der Waals surface area contributed by atoms with Crippen molar-refractivity contribution in [2.75, 3.05) is 5.32 Å². The van der Waals surface area contributed by atoms with Crippen LogP contribution in [0.15, 0.2) is 24.4 Å². The summed E-state index contributed by atoms with van der Waals surface area (Å²) in [6.45, 7) is -2.96. The van der Waals surface area contributed by atoms with Gasteiger partial charge >= 0.3 is 6.61 Å². The van der Waals surface area contributed by atoms with Crippen molar-refractivity contribution in [1.82, 2.24) is 15.4 Å². The zero-order valence-corrected chi connectivity index (χ0v) is 9.99. The van der Waals surface area contributed by atoms with Gasteiger partial charge in [0.25, 0.3) is 5.91 Å². The summed E-state index contributed by atoms with van der Waals surface area (Å²) in [4.78, 5) is 11.6. The average Bonchev–Trinajstić information content (AvgIpc) is 2.86. The van der Waals surface area contributed by atoms with Crippen molar-refractivity contribution in [3.8, 4) is 5.75 Å². The van der Waals surface area contributed by atoms with Crippen LogP contribution in [-0.4, -0.2) is 27.9 Å². The number of ether oxygens (including phenoxy) is 1. The zero-order valence-electron chi connectivity index (χ0n) is 9.23. The molecule has 0 bridgehead atoms. The molecule has 1 aromatic heterocycles. The van der Waals surface area contributed by atoms with E-state index in [0.29, 0.717) is 5.69 Å². The number of anilines is 1. The Kier molecular flexibility index (Phi) is 3.91. The topological polar surface area (TPSA) is 79.9 Å². The largest absolute Gasteiger partial charge is 0.433 e. The van der Waals surface area contributed by atoms with Crippen molar-refractivity contribution in [2.24, 2.45) is 0 Å². The second-order valence-corrected chi connectivity index (χ2v) is 3.74. The quantitative estimate of drug-likeness (QED) is 0.905. The highest BCUT2D eigenvalue weighted by Gasteiger charge is 2.12. The van der Waals surface area contributed by atoms with E-state index in [4.69, 9.17) is 11.6 Å². The molecule has 100 valence electrons. The Bertz CT molecular complexity index is 577. The molecule has 0 radical (unpaired) electrons. The fourth-order valence-corrected chi connectivity index (χ4v) is 1.50. The van der Waals surface area contributed by atoms with Crippen LogP contribution in [0, 0.1) is 0 Å². The normalized spacial score (nSPS) is 10.5. The molecule has 1 amide bonds. The van der Waals surface area contributed by atoms with Gasteiger partial charge in [0.05, 0.1) is 11.2 Å². The van der Waals surface area contributed by atoms with Gasteiger partial charge in [-0.1, -0.05) is 11.6 Å². The number of nitrogens with one attached hydrogen (secondary N) is 2. The Morgan fingerprint density at radius 3 is 2.84 bits per heavy atom. The predicted molar refractivity (Wildman–Crippen MR) is 62.4 cm³/mol. The number of rotatable bonds is 4. The average molecular weight is 289 g/mol. The Balaban J connectivity index is 2.10. The van der Waals surface area contributed by atoms with Gasteiger partial charge < -0.3 is 10.1 Å². The zero-order chi connectivity index (χ0) is 13.8. The lowest BCUT2D eigenvalue weighted by atomic mass is 10.3. The van der Waals surface area contributed by atoms with Crippen molar-refractivity contribution >= 4 is 23.2 Å². The highest BCUT2D eigenvalue weighted by molar-refractivity contribution is 6.32. The number of aromatic amines is 1. The number of benzene rings is 1. The van der Waals surface area contributed by atoms with E-state index in [-0.39, 0.29) is 16.5 Å². The first-order chi connectivity index (χ1) is 9.06. The molecule has 6 nitrogen and oxygen atoms in total. The van der Waals surface area contributed by atoms with Crippen LogP contribution in [0.3, 0.4) is 0 Å². The van der Waals surface area contributed by atoms with Crippen molar-refractivity contribution in [1.29, 1.82) is 0 Å². The number of carbonyl (C=O) groups is 1. The van der Waals surface area contributed by atoms with Crippen LogP contribution in [0.25, 0.3) is 0 Å². The van der Waals surface area contributed by atoms with Gasteiger partial charge in [0.2, 0.25) is 0 Å². The number of halogens is 3. The lowest BCUT2D eigenvalue weighted by molar-refractivity contribution is -0.0497. The van der Waals surface area contributed by atoms with Crippen molar-refractivity contribution < 1.29 is 18.3 Å². The summed E-state index contributed by atoms with van der Waals surface area (Å²) in [6, 6.07) is 3.89. The van der Waals surface area contributed by atoms with E-state index in [9.17, 15) is 13.6 Å². The number of hydrogen-bond acceptors (Lipinski definition) is 4. The monoisotopic (exact) mass is 288 g/mol. The molecule has 0 fully saturated rings. The molecule has 19 heavy (non-hydrogen) atoms. The summed E-state index contributed by atoms with van der Waals surface area (Å²) in [5.74, 6) is -0.677. The van der Waals surface area contributed by atoms with Crippen molar-refractivity contribution in [3.63, 3.8) is 0 Å². The fourth-order valence-electron chi connectivity index (χ4n) is 1.28. The number of carbonyl (C=O) groups excluding carboxylic acids is 1. The molecule has 1 heterocycles. The van der Waals surface area contributed by atoms with Crippen LogP contribution < -0.4 is 10.1 Å². The predicted octanol–water partition coefficient (Wildman–Crippen LogP) is 2.31. The van der Waals surface area contributed by atoms with Gasteiger partial charge in [0.15, 0.2) is 5.69 Å². The van der Waals surface area contributed by atoms with E-state index in [1.807, 2.05) is 0 Å². The Hall–Kier alpha value is -2.22. The maximum Gasteiger partial charge on any atom is 0.387 e. The van der Waals surface area contributed by atoms with E-state index < -0.39 is 12.5 Å². The van der Waals surface area contributed by atoms with Crippen LogP contribution in [-0.2, 0) is 0 Å². The van der Waals surface area contributed by atoms with E-state index >= 15 is 0 Å². The molecule has 0 atom stereocenters. The maximum atomic E-state index is 12.0. The van der Waals surface area contributed by atoms with Gasteiger partial charge in [-0.05, 0) is 18.2 Å². The first kappa shape index (κ1) is 13.2. The minimum absolute atomic E-state index is 0.0433. The molecule has 0 spiro atoms. The van der Waals surface area contributed by atoms with E-state index in [1.54, 1.807) is 0 Å². The SMILES string of the molecule is O=C(Nc1ccc(OC(F)F)c(Cl)c1)c1cn[nH]n1. The third-order valence-corrected chi connectivity index (χ3v) is 2.35. The molecular formula is C10H7ClF2N4O2. The molecule has 0 aliphatic carbocycles. The summed E-state index contributed by atoms with van der Waals surface area (Å²) in [5, 5.41) is 11.8. The third-order valence-electron chi connectivity index (χ3n) is 2.05. The van der Waals surface area contributed by atoms with Crippen LogP contribution in [0.1, 0.15) is 10.5 Å². The second kappa shape index (κ2) is 5.61. The van der Waals surface area contributed by atoms with Gasteiger partial charge in [0.1, 0.15) is 5.75 Å². The molecule has 1 aromatic carbocycles. The number of amides is 1. The summed E-state index contributed by atoms with van der Waals surface area (Å²) in [5.41, 5.74) is 0.406. The molecule has 2 N–H and O–H groups in total. The molecular weight excluding hydrogens is 282 g/mol. The standard InChI is InChI=1S/C10H7ClF2N4O2/c11-6-3-5(1-2-8(6)19-10(12)13)15-9(18)7-4-14-17-16-7/h1-4,10H,(H,15,18)(H,14,16,17). The summed E-state index contributed by atoms with van der Waals surface area (Å²) in [6.07, 6.45) is 1.24. The summed E-state index contributed by atoms with van der Waals surface area (Å²) >= 11 is 5.74. The van der Waals surface area contributed by atoms with Gasteiger partial charge in [-0.25, -0.2) is 0 Å². The molecule has 0 unspecified atom stereocenters. The van der Waals surface area contributed by atoms with Gasteiger partial charge in [0, 0.05) is 5.69 Å². The lowest BCUT2D eigenvalue weighted by Crippen LogP contribution is -2.12. The van der Waals surface area contributed by atoms with Gasteiger partial charge in [-0.15, -0.1) is 0 Å². The molecule has 0 saturated carbocycles. The van der Waals surface area contributed by atoms with Crippen LogP contribution in [0.4, 0.5) is 14.5 Å². The number of nitrogens with zero attached hydrogens (tertiary/aromatic N) is 2. The van der Waals surface area contributed by atoms with E-state index in [2.05, 4.69) is 25.5 Å². The smallest absolute Gasteiger partial charge is 0.387 e. The lowest BCUT2D eigenvalue weighted by Gasteiger charge is -2.08. The number of H-pyrrole nitrogens is 1. The van der Waals surface area contributed by atoms with Crippen LogP contribution in [0.5, 0.6) is 5.75 Å². The molecule has 9 heteroatoms. The van der Waals surface area contributed by atoms with Gasteiger partial charge in [-0.2, -0.15) is 24.2 Å². The van der Waals surface area contributed by atoms with Crippen molar-refractivity contribution in [3.05, 3.63) is 35.1 Å². The molecule has 2 rings (SSSR count). The Morgan fingerprint density at radius 1 is 1.47 bits per heavy atom. The minimum atomic E-state index is -2.96. The van der Waals surface area contributed by atoms with Crippen molar-refractivity contribution in [2.45, 2.75) is 6.61 Å². The molecule has 0 saturated heterocycles. The Labute approximate surface area is 110 Å². The highest BCUT2D eigenvalue weighted by Crippen LogP contribution is 2.29. The summed E-state index contributed by atoms with van der Waals surface area (Å²) in [7, 11) is 0. The number of hydrogen-bond donors (Lipinski definition) is 2. The first-order valence-electron chi connectivity index (χ1n) is 4.98. The minimum Gasteiger partial charge on any atom is -0.433 e. The summed E-state index contributed by atoms with van der Waals surface area (Å²) < 4.78 is 28.2. The molecule has 0 aliphatic heterocycles. The van der Waals surface area contributed by atoms with Gasteiger partial charge in [-0.3, -0.25) is 4.79 Å². The fraction of sp³-hybridized carbons (Fsp3) is 0.100. The highest BCUT2D eigenvalue weighted by atomic mass is 35.5. The second-order valence-electron chi connectivity index (χ2n) is 3.33. The Morgan fingerprint density at radius 2 is 2.26 bits per heavy atom. The first-order valence-corrected chi connectivity index (χ1v) is 5.35. The maximum absolute atomic E-state index is 12.0.